The lowest BCUT2D eigenvalue weighted by molar-refractivity contribution is -0.156. The first-order valence-electron chi connectivity index (χ1n) is 10.9. The number of alkyl halides is 1. The van der Waals surface area contributed by atoms with Crippen LogP contribution in [0.15, 0.2) is 24.3 Å². The van der Waals surface area contributed by atoms with E-state index < -0.39 is 54.3 Å². The number of carbonyl (C=O) groups excluding carboxylic acids is 4. The van der Waals surface area contributed by atoms with Gasteiger partial charge in [-0.15, -0.1) is 0 Å². The van der Waals surface area contributed by atoms with Gasteiger partial charge in [0.25, 0.3) is 5.91 Å². The summed E-state index contributed by atoms with van der Waals surface area (Å²) < 4.78 is 19.9. The van der Waals surface area contributed by atoms with Gasteiger partial charge in [-0.25, -0.2) is 4.39 Å². The molecule has 2 amide bonds. The Morgan fingerprint density at radius 2 is 1.74 bits per heavy atom. The van der Waals surface area contributed by atoms with Gasteiger partial charge >= 0.3 is 5.97 Å². The summed E-state index contributed by atoms with van der Waals surface area (Å²) in [6.45, 7) is 6.99. The average Bonchev–Trinajstić information content (AvgIpc) is 2.99. The van der Waals surface area contributed by atoms with Gasteiger partial charge in [0.05, 0.1) is 11.4 Å². The predicted octanol–water partition coefficient (Wildman–Crippen LogP) is 3.34. The number of Topliss-reactive ketones (excluding diaryl/α,β-unsaturated/α-hetero) is 1. The normalized spacial score (nSPS) is 13.4. The van der Waals surface area contributed by atoms with E-state index in [0.717, 1.165) is 5.52 Å². The Balaban J connectivity index is 2.23. The molecule has 1 aromatic heterocycles. The van der Waals surface area contributed by atoms with Crippen molar-refractivity contribution in [3.05, 3.63) is 35.0 Å². The van der Waals surface area contributed by atoms with E-state index in [9.17, 15) is 23.6 Å². The summed E-state index contributed by atoms with van der Waals surface area (Å²) in [6.07, 6.45) is -0.528. The minimum Gasteiger partial charge on any atom is -0.460 e. The third-order valence-electron chi connectivity index (χ3n) is 5.12. The smallest absolute Gasteiger partial charge is 0.308 e. The lowest BCUT2D eigenvalue weighted by atomic mass is 10.0. The standard InChI is InChI=1S/C24H31ClFN3O5/c1-13(2)20(22(32)27-15(17(30)12-26)11-18(31)34-24(3,4)5)28-23(33)21-19(25)14-9-7-8-10-16(14)29(21)6/h7-10,13,15,20H,11-12H2,1-6H3,(H,27,32)(H,28,33)/t15?,20-/m0/s1. The number of aryl methyl sites for hydroxylation is 1. The summed E-state index contributed by atoms with van der Waals surface area (Å²) >= 11 is 6.43. The van der Waals surface area contributed by atoms with Crippen molar-refractivity contribution in [2.75, 3.05) is 6.67 Å². The van der Waals surface area contributed by atoms with Crippen LogP contribution in [0.4, 0.5) is 4.39 Å². The molecule has 0 aliphatic rings. The van der Waals surface area contributed by atoms with E-state index in [1.54, 1.807) is 58.4 Å². The maximum absolute atomic E-state index is 13.1. The molecule has 2 rings (SSSR count). The number of nitrogens with one attached hydrogen (secondary N) is 2. The quantitative estimate of drug-likeness (QED) is 0.519. The first-order valence-corrected chi connectivity index (χ1v) is 11.3. The van der Waals surface area contributed by atoms with Crippen LogP contribution >= 0.6 is 11.6 Å². The number of hydrogen-bond donors (Lipinski definition) is 2. The summed E-state index contributed by atoms with van der Waals surface area (Å²) in [5.74, 6) is -3.43. The topological polar surface area (TPSA) is 106 Å². The van der Waals surface area contributed by atoms with Gasteiger partial charge in [-0.3, -0.25) is 19.2 Å². The third-order valence-corrected chi connectivity index (χ3v) is 5.51. The lowest BCUT2D eigenvalue weighted by Gasteiger charge is -2.25. The number of aromatic nitrogens is 1. The predicted molar refractivity (Wildman–Crippen MR) is 127 cm³/mol. The number of ketones is 1. The second-order valence-electron chi connectivity index (χ2n) is 9.39. The van der Waals surface area contributed by atoms with E-state index in [-0.39, 0.29) is 16.6 Å². The molecule has 1 unspecified atom stereocenters. The fourth-order valence-corrected chi connectivity index (χ4v) is 3.87. The molecule has 0 saturated heterocycles. The van der Waals surface area contributed by atoms with Gasteiger partial charge in [0.15, 0.2) is 5.78 Å². The highest BCUT2D eigenvalue weighted by molar-refractivity contribution is 6.38. The molecular weight excluding hydrogens is 465 g/mol. The number of esters is 1. The molecule has 0 fully saturated rings. The van der Waals surface area contributed by atoms with E-state index in [1.807, 2.05) is 12.1 Å². The zero-order chi connectivity index (χ0) is 25.8. The molecular formula is C24H31ClFN3O5. The number of ether oxygens (including phenoxy) is 1. The molecule has 1 heterocycles. The molecule has 0 aliphatic heterocycles. The SMILES string of the molecule is CC(C)[C@H](NC(=O)c1c(Cl)c2ccccc2n1C)C(=O)NC(CC(=O)OC(C)(C)C)C(=O)CF. The van der Waals surface area contributed by atoms with Crippen molar-refractivity contribution in [1.82, 2.24) is 15.2 Å². The van der Waals surface area contributed by atoms with E-state index in [2.05, 4.69) is 10.6 Å². The number of benzene rings is 1. The van der Waals surface area contributed by atoms with Crippen molar-refractivity contribution < 1.29 is 28.3 Å². The van der Waals surface area contributed by atoms with E-state index >= 15 is 0 Å². The second-order valence-corrected chi connectivity index (χ2v) is 9.76. The molecule has 10 heteroatoms. The highest BCUT2D eigenvalue weighted by Crippen LogP contribution is 2.29. The Hall–Kier alpha value is -2.94. The first-order chi connectivity index (χ1) is 15.8. The van der Waals surface area contributed by atoms with Crippen LogP contribution in [-0.4, -0.2) is 52.5 Å². The zero-order valence-corrected chi connectivity index (χ0v) is 21.0. The molecule has 2 aromatic rings. The molecule has 186 valence electrons. The van der Waals surface area contributed by atoms with Gasteiger partial charge in [0.2, 0.25) is 5.91 Å². The molecule has 0 bridgehead atoms. The second kappa shape index (κ2) is 11.0. The average molecular weight is 496 g/mol. The van der Waals surface area contributed by atoms with Gasteiger partial charge in [0.1, 0.15) is 30.1 Å². The van der Waals surface area contributed by atoms with Crippen molar-refractivity contribution >= 4 is 46.1 Å². The maximum atomic E-state index is 13.1. The van der Waals surface area contributed by atoms with Gasteiger partial charge in [-0.05, 0) is 32.8 Å². The largest absolute Gasteiger partial charge is 0.460 e. The molecule has 1 aromatic carbocycles. The molecule has 0 aliphatic carbocycles. The molecule has 0 spiro atoms. The van der Waals surface area contributed by atoms with Crippen LogP contribution in [0.5, 0.6) is 0 Å². The summed E-state index contributed by atoms with van der Waals surface area (Å²) in [5, 5.41) is 5.98. The van der Waals surface area contributed by atoms with Gasteiger partial charge < -0.3 is 19.9 Å². The molecule has 0 radical (unpaired) electrons. The monoisotopic (exact) mass is 495 g/mol. The van der Waals surface area contributed by atoms with Crippen LogP contribution < -0.4 is 10.6 Å². The highest BCUT2D eigenvalue weighted by Gasteiger charge is 2.32. The molecule has 2 atom stereocenters. The summed E-state index contributed by atoms with van der Waals surface area (Å²) in [4.78, 5) is 50.3. The molecule has 34 heavy (non-hydrogen) atoms. The number of amides is 2. The summed E-state index contributed by atoms with van der Waals surface area (Å²) in [7, 11) is 1.68. The Kier molecular flexibility index (Phi) is 8.83. The minimum atomic E-state index is -1.42. The third kappa shape index (κ3) is 6.56. The number of halogens is 2. The van der Waals surface area contributed by atoms with E-state index in [4.69, 9.17) is 16.3 Å². The number of para-hydroxylation sites is 1. The van der Waals surface area contributed by atoms with Crippen molar-refractivity contribution in [2.45, 2.75) is 58.7 Å². The number of rotatable bonds is 9. The Morgan fingerprint density at radius 3 is 2.26 bits per heavy atom. The van der Waals surface area contributed by atoms with Crippen molar-refractivity contribution in [3.8, 4) is 0 Å². The molecule has 8 nitrogen and oxygen atoms in total. The fraction of sp³-hybridized carbons (Fsp3) is 0.500. The van der Waals surface area contributed by atoms with E-state index in [1.165, 1.54) is 0 Å². The number of nitrogens with zero attached hydrogens (tertiary/aromatic N) is 1. The van der Waals surface area contributed by atoms with E-state index in [0.29, 0.717) is 5.39 Å². The summed E-state index contributed by atoms with van der Waals surface area (Å²) in [6, 6.07) is 4.71. The highest BCUT2D eigenvalue weighted by atomic mass is 35.5. The Morgan fingerprint density at radius 1 is 1.12 bits per heavy atom. The van der Waals surface area contributed by atoms with Crippen molar-refractivity contribution in [2.24, 2.45) is 13.0 Å². The molecule has 0 saturated carbocycles. The van der Waals surface area contributed by atoms with Gasteiger partial charge in [-0.1, -0.05) is 43.6 Å². The Bertz CT molecular complexity index is 1050. The van der Waals surface area contributed by atoms with Crippen molar-refractivity contribution in [3.63, 3.8) is 0 Å². The lowest BCUT2D eigenvalue weighted by Crippen LogP contribution is -2.54. The first kappa shape index (κ1) is 27.3. The van der Waals surface area contributed by atoms with Crippen LogP contribution in [0.25, 0.3) is 10.9 Å². The van der Waals surface area contributed by atoms with Crippen molar-refractivity contribution in [1.29, 1.82) is 0 Å². The van der Waals surface area contributed by atoms with Crippen LogP contribution in [-0.2, 0) is 26.2 Å². The van der Waals surface area contributed by atoms with Crippen LogP contribution in [0.3, 0.4) is 0 Å². The summed E-state index contributed by atoms with van der Waals surface area (Å²) in [5.41, 5.74) is 0.108. The van der Waals surface area contributed by atoms with Gasteiger partial charge in [-0.2, -0.15) is 0 Å². The molecule has 2 N–H and O–H groups in total. The number of carbonyl (C=O) groups is 4. The van der Waals surface area contributed by atoms with Crippen LogP contribution in [0.1, 0.15) is 51.5 Å². The minimum absolute atomic E-state index is 0.173. The number of fused-ring (bicyclic) bond motifs is 1. The van der Waals surface area contributed by atoms with Crippen LogP contribution in [0, 0.1) is 5.92 Å². The van der Waals surface area contributed by atoms with Gasteiger partial charge in [0, 0.05) is 18.0 Å². The zero-order valence-electron chi connectivity index (χ0n) is 20.2. The fourth-order valence-electron chi connectivity index (χ4n) is 3.49. The van der Waals surface area contributed by atoms with Crippen LogP contribution in [0.2, 0.25) is 5.02 Å². The Labute approximate surface area is 203 Å². The number of hydrogen-bond acceptors (Lipinski definition) is 5. The maximum Gasteiger partial charge on any atom is 0.308 e.